The Labute approximate surface area is 111 Å². The zero-order chi connectivity index (χ0) is 13.2. The van der Waals surface area contributed by atoms with Gasteiger partial charge in [-0.05, 0) is 23.9 Å². The molecule has 1 heterocycles. The van der Waals surface area contributed by atoms with Crippen LogP contribution < -0.4 is 5.73 Å². The highest BCUT2D eigenvalue weighted by Gasteiger charge is 2.30. The fourth-order valence-corrected chi connectivity index (χ4v) is 4.80. The summed E-state index contributed by atoms with van der Waals surface area (Å²) in [4.78, 5) is 0. The number of hydrogen-bond acceptors (Lipinski definition) is 3. The molecule has 0 aliphatic rings. The molecule has 1 aromatic carbocycles. The summed E-state index contributed by atoms with van der Waals surface area (Å²) >= 11 is 1.26. The van der Waals surface area contributed by atoms with Crippen molar-refractivity contribution in [3.05, 3.63) is 52.9 Å². The number of rotatable bonds is 4. The summed E-state index contributed by atoms with van der Waals surface area (Å²) in [5.74, 6) is 0. The maximum absolute atomic E-state index is 12.5. The van der Waals surface area contributed by atoms with Crippen molar-refractivity contribution in [3.8, 4) is 0 Å². The van der Waals surface area contributed by atoms with E-state index in [4.69, 9.17) is 0 Å². The second kappa shape index (κ2) is 5.22. The Kier molecular flexibility index (Phi) is 3.85. The highest BCUT2D eigenvalue weighted by molar-refractivity contribution is 7.93. The predicted octanol–water partition coefficient (Wildman–Crippen LogP) is 1.81. The van der Waals surface area contributed by atoms with Crippen molar-refractivity contribution >= 4 is 21.2 Å². The topological polar surface area (TPSA) is 61.8 Å². The zero-order valence-electron chi connectivity index (χ0n) is 10.2. The van der Waals surface area contributed by atoms with Gasteiger partial charge in [0.2, 0.25) is 0 Å². The molecule has 0 radical (unpaired) electrons. The first-order valence-electron chi connectivity index (χ1n) is 5.69. The highest BCUT2D eigenvalue weighted by atomic mass is 32.2. The van der Waals surface area contributed by atoms with Gasteiger partial charge >= 0.3 is 0 Å². The van der Waals surface area contributed by atoms with Crippen LogP contribution in [0.4, 0.5) is 0 Å². The van der Waals surface area contributed by atoms with Crippen LogP contribution in [-0.4, -0.2) is 15.0 Å². The van der Waals surface area contributed by atoms with Gasteiger partial charge in [0.1, 0.15) is 9.46 Å². The summed E-state index contributed by atoms with van der Waals surface area (Å²) in [7, 11) is -3.32. The standard InChI is InChI=1S/C13H15NO2S2/c1-10-4-2-5-11(8-10)12(9-14)18(15,16)13-6-3-7-17-13/h2-8,12H,9,14H2,1H3/p+1/t12-/m0/s1. The van der Waals surface area contributed by atoms with Gasteiger partial charge < -0.3 is 5.73 Å². The summed E-state index contributed by atoms with van der Waals surface area (Å²) in [6.07, 6.45) is 0. The fraction of sp³-hybridized carbons (Fsp3) is 0.231. The van der Waals surface area contributed by atoms with Crippen LogP contribution in [0.25, 0.3) is 0 Å². The Balaban J connectivity index is 2.47. The Morgan fingerprint density at radius 1 is 1.28 bits per heavy atom. The van der Waals surface area contributed by atoms with Crippen molar-refractivity contribution in [3.63, 3.8) is 0 Å². The first-order valence-corrected chi connectivity index (χ1v) is 8.11. The second-order valence-electron chi connectivity index (χ2n) is 4.17. The molecule has 0 bridgehead atoms. The van der Waals surface area contributed by atoms with Crippen molar-refractivity contribution in [2.75, 3.05) is 6.54 Å². The molecule has 2 aromatic rings. The number of sulfone groups is 1. The Hall–Kier alpha value is -1.17. The number of benzene rings is 1. The van der Waals surface area contributed by atoms with Crippen LogP contribution in [0.5, 0.6) is 0 Å². The molecule has 5 heteroatoms. The lowest BCUT2D eigenvalue weighted by Gasteiger charge is -2.13. The molecule has 2 rings (SSSR count). The summed E-state index contributed by atoms with van der Waals surface area (Å²) in [5.41, 5.74) is 5.67. The molecular formula is C13H16NO2S2+. The normalized spacial score (nSPS) is 13.4. The van der Waals surface area contributed by atoms with E-state index in [-0.39, 0.29) is 0 Å². The van der Waals surface area contributed by atoms with Crippen molar-refractivity contribution in [2.45, 2.75) is 16.4 Å². The summed E-state index contributed by atoms with van der Waals surface area (Å²) in [5, 5.41) is 1.22. The molecule has 0 unspecified atom stereocenters. The molecule has 0 spiro atoms. The Morgan fingerprint density at radius 2 is 2.06 bits per heavy atom. The molecule has 0 aliphatic heterocycles. The third kappa shape index (κ3) is 2.48. The van der Waals surface area contributed by atoms with Gasteiger partial charge in [0, 0.05) is 0 Å². The van der Waals surface area contributed by atoms with E-state index in [1.807, 2.05) is 31.2 Å². The minimum absolute atomic E-state index is 0.337. The molecule has 0 saturated heterocycles. The number of hydrogen-bond donors (Lipinski definition) is 1. The van der Waals surface area contributed by atoms with Crippen LogP contribution >= 0.6 is 11.3 Å². The van der Waals surface area contributed by atoms with E-state index >= 15 is 0 Å². The molecule has 3 N–H and O–H groups in total. The SMILES string of the molecule is Cc1cccc([C@H](C[NH3+])S(=O)(=O)c2cccs2)c1. The van der Waals surface area contributed by atoms with Gasteiger partial charge in [-0.1, -0.05) is 35.9 Å². The first-order chi connectivity index (χ1) is 8.55. The van der Waals surface area contributed by atoms with Gasteiger partial charge in [-0.3, -0.25) is 0 Å². The van der Waals surface area contributed by atoms with Gasteiger partial charge in [0.15, 0.2) is 9.84 Å². The maximum Gasteiger partial charge on any atom is 0.200 e. The molecule has 0 amide bonds. The molecule has 1 atom stereocenters. The molecule has 18 heavy (non-hydrogen) atoms. The average Bonchev–Trinajstić information content (AvgIpc) is 2.83. The number of quaternary nitrogens is 1. The van der Waals surface area contributed by atoms with Crippen molar-refractivity contribution in [2.24, 2.45) is 0 Å². The van der Waals surface area contributed by atoms with E-state index in [0.717, 1.165) is 11.1 Å². The van der Waals surface area contributed by atoms with Crippen molar-refractivity contribution < 1.29 is 14.2 Å². The zero-order valence-corrected chi connectivity index (χ0v) is 11.8. The third-order valence-electron chi connectivity index (χ3n) is 2.83. The summed E-state index contributed by atoms with van der Waals surface area (Å²) < 4.78 is 25.4. The van der Waals surface area contributed by atoms with Crippen LogP contribution in [-0.2, 0) is 9.84 Å². The monoisotopic (exact) mass is 282 g/mol. The largest absolute Gasteiger partial charge is 0.356 e. The third-order valence-corrected chi connectivity index (χ3v) is 6.43. The molecule has 0 saturated carbocycles. The van der Waals surface area contributed by atoms with Crippen LogP contribution in [0.3, 0.4) is 0 Å². The lowest BCUT2D eigenvalue weighted by molar-refractivity contribution is -0.367. The lowest BCUT2D eigenvalue weighted by Crippen LogP contribution is -2.54. The fourth-order valence-electron chi connectivity index (χ4n) is 1.94. The second-order valence-corrected chi connectivity index (χ2v) is 7.47. The molecule has 1 aromatic heterocycles. The summed E-state index contributed by atoms with van der Waals surface area (Å²) in [6, 6.07) is 11.0. The number of aryl methyl sites for hydroxylation is 1. The van der Waals surface area contributed by atoms with Crippen LogP contribution in [0, 0.1) is 6.92 Å². The molecule has 0 fully saturated rings. The van der Waals surface area contributed by atoms with Gasteiger partial charge in [0.05, 0.1) is 6.54 Å². The highest BCUT2D eigenvalue weighted by Crippen LogP contribution is 2.30. The average molecular weight is 282 g/mol. The van der Waals surface area contributed by atoms with Crippen LogP contribution in [0.2, 0.25) is 0 Å². The van der Waals surface area contributed by atoms with E-state index in [1.165, 1.54) is 11.3 Å². The van der Waals surface area contributed by atoms with Crippen molar-refractivity contribution in [1.29, 1.82) is 0 Å². The van der Waals surface area contributed by atoms with E-state index in [9.17, 15) is 8.42 Å². The van der Waals surface area contributed by atoms with Crippen molar-refractivity contribution in [1.82, 2.24) is 0 Å². The predicted molar refractivity (Wildman–Crippen MR) is 73.2 cm³/mol. The van der Waals surface area contributed by atoms with Crippen LogP contribution in [0.1, 0.15) is 16.4 Å². The Bertz CT molecular complexity index is 618. The maximum atomic E-state index is 12.5. The Morgan fingerprint density at radius 3 is 2.61 bits per heavy atom. The lowest BCUT2D eigenvalue weighted by atomic mass is 10.1. The number of thiophene rings is 1. The minimum Gasteiger partial charge on any atom is -0.356 e. The van der Waals surface area contributed by atoms with Gasteiger partial charge in [0.25, 0.3) is 0 Å². The van der Waals surface area contributed by atoms with Gasteiger partial charge in [-0.2, -0.15) is 0 Å². The smallest absolute Gasteiger partial charge is 0.200 e. The molecule has 0 aliphatic carbocycles. The summed E-state index contributed by atoms with van der Waals surface area (Å²) in [6.45, 7) is 2.30. The van der Waals surface area contributed by atoms with E-state index in [0.29, 0.717) is 10.8 Å². The quantitative estimate of drug-likeness (QED) is 0.929. The molecule has 96 valence electrons. The van der Waals surface area contributed by atoms with E-state index < -0.39 is 15.1 Å². The van der Waals surface area contributed by atoms with Crippen LogP contribution in [0.15, 0.2) is 46.0 Å². The first kappa shape index (κ1) is 13.3. The van der Waals surface area contributed by atoms with E-state index in [1.54, 1.807) is 17.5 Å². The van der Waals surface area contributed by atoms with Gasteiger partial charge in [-0.25, -0.2) is 8.42 Å². The van der Waals surface area contributed by atoms with Gasteiger partial charge in [-0.15, -0.1) is 11.3 Å². The molecule has 3 nitrogen and oxygen atoms in total. The molecular weight excluding hydrogens is 266 g/mol. The van der Waals surface area contributed by atoms with E-state index in [2.05, 4.69) is 5.73 Å². The minimum atomic E-state index is -3.32.